The molecule has 0 unspecified atom stereocenters. The standard InChI is InChI=1S/C13H16N2O/c1-4-5-10-9(3)15-13-11(12(10)16)7-6-8(2)14-13/h6-7H,4-5H2,1-3H3,(H,14,15,16). The fourth-order valence-corrected chi connectivity index (χ4v) is 1.97. The second kappa shape index (κ2) is 4.08. The first-order valence-corrected chi connectivity index (χ1v) is 5.62. The molecule has 0 radical (unpaired) electrons. The molecule has 84 valence electrons. The second-order valence-corrected chi connectivity index (χ2v) is 4.16. The minimum Gasteiger partial charge on any atom is -0.343 e. The summed E-state index contributed by atoms with van der Waals surface area (Å²) in [5, 5.41) is 0.694. The van der Waals surface area contributed by atoms with Gasteiger partial charge in [-0.05, 0) is 32.4 Å². The summed E-state index contributed by atoms with van der Waals surface area (Å²) in [7, 11) is 0. The first kappa shape index (κ1) is 10.9. The molecule has 1 N–H and O–H groups in total. The highest BCUT2D eigenvalue weighted by Gasteiger charge is 2.08. The van der Waals surface area contributed by atoms with Crippen molar-refractivity contribution in [1.82, 2.24) is 9.97 Å². The molecule has 0 aromatic carbocycles. The van der Waals surface area contributed by atoms with Gasteiger partial charge in [-0.15, -0.1) is 0 Å². The van der Waals surface area contributed by atoms with Crippen molar-refractivity contribution in [2.75, 3.05) is 0 Å². The number of pyridine rings is 2. The molecule has 3 nitrogen and oxygen atoms in total. The van der Waals surface area contributed by atoms with Gasteiger partial charge in [-0.3, -0.25) is 4.79 Å². The van der Waals surface area contributed by atoms with E-state index in [2.05, 4.69) is 16.9 Å². The third-order valence-corrected chi connectivity index (χ3v) is 2.81. The number of aromatic nitrogens is 2. The summed E-state index contributed by atoms with van der Waals surface area (Å²) in [5.74, 6) is 0. The minimum absolute atomic E-state index is 0.126. The summed E-state index contributed by atoms with van der Waals surface area (Å²) >= 11 is 0. The Kier molecular flexibility index (Phi) is 2.77. The van der Waals surface area contributed by atoms with Crippen LogP contribution >= 0.6 is 0 Å². The van der Waals surface area contributed by atoms with Gasteiger partial charge < -0.3 is 4.98 Å². The van der Waals surface area contributed by atoms with E-state index in [1.165, 1.54) is 0 Å². The Labute approximate surface area is 94.5 Å². The van der Waals surface area contributed by atoms with Gasteiger partial charge >= 0.3 is 0 Å². The van der Waals surface area contributed by atoms with Crippen LogP contribution in [0.1, 0.15) is 30.3 Å². The van der Waals surface area contributed by atoms with Crippen LogP contribution < -0.4 is 5.43 Å². The summed E-state index contributed by atoms with van der Waals surface area (Å²) in [4.78, 5) is 19.7. The summed E-state index contributed by atoms with van der Waals surface area (Å²) in [6.07, 6.45) is 1.81. The van der Waals surface area contributed by atoms with E-state index < -0.39 is 0 Å². The van der Waals surface area contributed by atoms with Crippen LogP contribution in [0.15, 0.2) is 16.9 Å². The summed E-state index contributed by atoms with van der Waals surface area (Å²) in [6.45, 7) is 5.94. The molecule has 2 rings (SSSR count). The molecule has 0 fully saturated rings. The van der Waals surface area contributed by atoms with Crippen molar-refractivity contribution >= 4 is 11.0 Å². The Morgan fingerprint density at radius 1 is 1.31 bits per heavy atom. The van der Waals surface area contributed by atoms with Crippen LogP contribution in [-0.2, 0) is 6.42 Å². The van der Waals surface area contributed by atoms with E-state index in [4.69, 9.17) is 0 Å². The van der Waals surface area contributed by atoms with E-state index in [9.17, 15) is 4.79 Å². The summed E-state index contributed by atoms with van der Waals surface area (Å²) in [5.41, 5.74) is 3.58. The predicted molar refractivity (Wildman–Crippen MR) is 65.8 cm³/mol. The van der Waals surface area contributed by atoms with Gasteiger partial charge in [-0.1, -0.05) is 13.3 Å². The molecular weight excluding hydrogens is 200 g/mol. The van der Waals surface area contributed by atoms with Crippen molar-refractivity contribution in [2.45, 2.75) is 33.6 Å². The van der Waals surface area contributed by atoms with Crippen molar-refractivity contribution in [3.05, 3.63) is 39.3 Å². The van der Waals surface area contributed by atoms with Crippen molar-refractivity contribution in [3.8, 4) is 0 Å². The van der Waals surface area contributed by atoms with Gasteiger partial charge in [0, 0.05) is 17.0 Å². The van der Waals surface area contributed by atoms with Gasteiger partial charge in [0.25, 0.3) is 0 Å². The number of aromatic amines is 1. The van der Waals surface area contributed by atoms with Gasteiger partial charge in [-0.25, -0.2) is 4.98 Å². The largest absolute Gasteiger partial charge is 0.343 e. The minimum atomic E-state index is 0.126. The molecule has 0 aliphatic carbocycles. The topological polar surface area (TPSA) is 45.8 Å². The van der Waals surface area contributed by atoms with E-state index in [1.54, 1.807) is 0 Å². The van der Waals surface area contributed by atoms with Crippen molar-refractivity contribution in [1.29, 1.82) is 0 Å². The van der Waals surface area contributed by atoms with Gasteiger partial charge in [0.2, 0.25) is 0 Å². The molecule has 0 bridgehead atoms. The Bertz CT molecular complexity index is 584. The van der Waals surface area contributed by atoms with Crippen LogP contribution in [-0.4, -0.2) is 9.97 Å². The van der Waals surface area contributed by atoms with E-state index in [1.807, 2.05) is 26.0 Å². The van der Waals surface area contributed by atoms with E-state index >= 15 is 0 Å². The molecule has 2 aromatic rings. The number of H-pyrrole nitrogens is 1. The maximum absolute atomic E-state index is 12.2. The molecule has 0 amide bonds. The van der Waals surface area contributed by atoms with Crippen LogP contribution in [0.3, 0.4) is 0 Å². The molecule has 0 spiro atoms. The van der Waals surface area contributed by atoms with E-state index in [-0.39, 0.29) is 5.43 Å². The first-order valence-electron chi connectivity index (χ1n) is 5.62. The monoisotopic (exact) mass is 216 g/mol. The lowest BCUT2D eigenvalue weighted by atomic mass is 10.1. The highest BCUT2D eigenvalue weighted by atomic mass is 16.1. The van der Waals surface area contributed by atoms with Gasteiger partial charge in [-0.2, -0.15) is 0 Å². The molecular formula is C13H16N2O. The maximum atomic E-state index is 12.2. The van der Waals surface area contributed by atoms with Gasteiger partial charge in [0.15, 0.2) is 5.43 Å². The van der Waals surface area contributed by atoms with Gasteiger partial charge in [0.1, 0.15) is 5.65 Å². The number of nitrogens with zero attached hydrogens (tertiary/aromatic N) is 1. The molecule has 0 saturated heterocycles. The second-order valence-electron chi connectivity index (χ2n) is 4.16. The predicted octanol–water partition coefficient (Wildman–Crippen LogP) is 2.49. The molecule has 2 heterocycles. The smallest absolute Gasteiger partial charge is 0.194 e. The quantitative estimate of drug-likeness (QED) is 0.838. The van der Waals surface area contributed by atoms with Crippen LogP contribution in [0.2, 0.25) is 0 Å². The van der Waals surface area contributed by atoms with Crippen LogP contribution in [0, 0.1) is 13.8 Å². The molecule has 0 saturated carbocycles. The number of aryl methyl sites for hydroxylation is 2. The lowest BCUT2D eigenvalue weighted by Gasteiger charge is -2.06. The average Bonchev–Trinajstić information content (AvgIpc) is 2.23. The SMILES string of the molecule is CCCc1c(C)[nH]c2nc(C)ccc2c1=O. The molecule has 2 aromatic heterocycles. The number of hydrogen-bond acceptors (Lipinski definition) is 2. The Balaban J connectivity index is 2.78. The fourth-order valence-electron chi connectivity index (χ4n) is 1.97. The zero-order valence-electron chi connectivity index (χ0n) is 9.92. The average molecular weight is 216 g/mol. The Morgan fingerprint density at radius 3 is 2.75 bits per heavy atom. The molecule has 0 atom stereocenters. The first-order chi connectivity index (χ1) is 7.63. The van der Waals surface area contributed by atoms with Gasteiger partial charge in [0.05, 0.1) is 5.39 Å². The van der Waals surface area contributed by atoms with E-state index in [0.29, 0.717) is 11.0 Å². The summed E-state index contributed by atoms with van der Waals surface area (Å²) in [6, 6.07) is 3.73. The van der Waals surface area contributed by atoms with Crippen LogP contribution in [0.25, 0.3) is 11.0 Å². The van der Waals surface area contributed by atoms with Crippen molar-refractivity contribution in [3.63, 3.8) is 0 Å². The molecule has 0 aliphatic heterocycles. The zero-order chi connectivity index (χ0) is 11.7. The fraction of sp³-hybridized carbons (Fsp3) is 0.385. The maximum Gasteiger partial charge on any atom is 0.194 e. The third kappa shape index (κ3) is 1.73. The highest BCUT2D eigenvalue weighted by Crippen LogP contribution is 2.11. The number of fused-ring (bicyclic) bond motifs is 1. The van der Waals surface area contributed by atoms with E-state index in [0.717, 1.165) is 29.8 Å². The lowest BCUT2D eigenvalue weighted by molar-refractivity contribution is 0.894. The molecule has 3 heteroatoms. The highest BCUT2D eigenvalue weighted by molar-refractivity contribution is 5.75. The molecule has 0 aliphatic rings. The molecule has 16 heavy (non-hydrogen) atoms. The summed E-state index contributed by atoms with van der Waals surface area (Å²) < 4.78 is 0. The van der Waals surface area contributed by atoms with Crippen molar-refractivity contribution < 1.29 is 0 Å². The van der Waals surface area contributed by atoms with Crippen molar-refractivity contribution in [2.24, 2.45) is 0 Å². The normalized spacial score (nSPS) is 10.9. The number of hydrogen-bond donors (Lipinski definition) is 1. The number of rotatable bonds is 2. The van der Waals surface area contributed by atoms with Crippen LogP contribution in [0.5, 0.6) is 0 Å². The third-order valence-electron chi connectivity index (χ3n) is 2.81. The lowest BCUT2D eigenvalue weighted by Crippen LogP contribution is -2.13. The Morgan fingerprint density at radius 2 is 2.06 bits per heavy atom. The van der Waals surface area contributed by atoms with Crippen LogP contribution in [0.4, 0.5) is 0 Å². The Hall–Kier alpha value is -1.64. The number of nitrogens with one attached hydrogen (secondary N) is 1. The zero-order valence-corrected chi connectivity index (χ0v) is 9.92.